The minimum atomic E-state index is 0.126. The molecule has 0 saturated carbocycles. The number of amides is 1. The Bertz CT molecular complexity index is 261. The molecule has 0 spiro atoms. The average Bonchev–Trinajstić information content (AvgIpc) is 2.37. The van der Waals surface area contributed by atoms with E-state index < -0.39 is 0 Å². The van der Waals surface area contributed by atoms with Crippen molar-refractivity contribution < 1.29 is 9.53 Å². The van der Waals surface area contributed by atoms with Gasteiger partial charge in [-0.1, -0.05) is 18.6 Å². The summed E-state index contributed by atoms with van der Waals surface area (Å²) in [5, 5.41) is 6.32. The van der Waals surface area contributed by atoms with Crippen molar-refractivity contribution >= 4 is 5.91 Å². The van der Waals surface area contributed by atoms with Crippen molar-refractivity contribution in [2.45, 2.75) is 45.1 Å². The first-order valence-corrected chi connectivity index (χ1v) is 6.90. The van der Waals surface area contributed by atoms with Gasteiger partial charge in [-0.25, -0.2) is 0 Å². The Balaban J connectivity index is 1.94. The van der Waals surface area contributed by atoms with Gasteiger partial charge in [0, 0.05) is 19.0 Å². The molecule has 1 fully saturated rings. The van der Waals surface area contributed by atoms with Crippen LogP contribution in [0.1, 0.15) is 39.0 Å². The van der Waals surface area contributed by atoms with Crippen LogP contribution in [0.25, 0.3) is 0 Å². The summed E-state index contributed by atoms with van der Waals surface area (Å²) in [6.07, 6.45) is 5.31. The second-order valence-electron chi connectivity index (χ2n) is 5.05. The molecule has 1 rings (SSSR count). The average molecular weight is 254 g/mol. The van der Waals surface area contributed by atoms with E-state index in [0.29, 0.717) is 32.2 Å². The number of rotatable bonds is 8. The molecule has 2 N–H and O–H groups in total. The van der Waals surface area contributed by atoms with Gasteiger partial charge < -0.3 is 15.4 Å². The summed E-state index contributed by atoms with van der Waals surface area (Å²) in [5.74, 6) is 0.126. The standard InChI is InChI=1S/C14H26N2O2/c1-12(2)11-18-10-9-16-14(17)7-6-13-5-3-4-8-15-13/h13,15H,1,3-11H2,2H3,(H,16,17). The van der Waals surface area contributed by atoms with Gasteiger partial charge in [-0.2, -0.15) is 0 Å². The smallest absolute Gasteiger partial charge is 0.220 e. The third kappa shape index (κ3) is 7.45. The van der Waals surface area contributed by atoms with Crippen LogP contribution in [-0.4, -0.2) is 38.3 Å². The Kier molecular flexibility index (Phi) is 7.69. The van der Waals surface area contributed by atoms with E-state index in [9.17, 15) is 4.79 Å². The topological polar surface area (TPSA) is 50.4 Å². The van der Waals surface area contributed by atoms with E-state index in [4.69, 9.17) is 4.74 Å². The van der Waals surface area contributed by atoms with Crippen LogP contribution in [-0.2, 0) is 9.53 Å². The molecule has 104 valence electrons. The summed E-state index contributed by atoms with van der Waals surface area (Å²) in [7, 11) is 0. The lowest BCUT2D eigenvalue weighted by atomic mass is 10.0. The maximum atomic E-state index is 11.6. The first kappa shape index (κ1) is 15.2. The third-order valence-corrected chi connectivity index (χ3v) is 3.05. The van der Waals surface area contributed by atoms with Crippen LogP contribution < -0.4 is 10.6 Å². The number of hydrogen-bond acceptors (Lipinski definition) is 3. The lowest BCUT2D eigenvalue weighted by molar-refractivity contribution is -0.121. The fourth-order valence-electron chi connectivity index (χ4n) is 2.07. The van der Waals surface area contributed by atoms with E-state index in [1.54, 1.807) is 0 Å². The van der Waals surface area contributed by atoms with E-state index in [1.165, 1.54) is 19.3 Å². The van der Waals surface area contributed by atoms with Crippen molar-refractivity contribution in [3.05, 3.63) is 12.2 Å². The maximum Gasteiger partial charge on any atom is 0.220 e. The van der Waals surface area contributed by atoms with Crippen LogP contribution in [0.2, 0.25) is 0 Å². The van der Waals surface area contributed by atoms with E-state index in [1.807, 2.05) is 6.92 Å². The summed E-state index contributed by atoms with van der Waals surface area (Å²) in [6.45, 7) is 8.49. The van der Waals surface area contributed by atoms with Crippen LogP contribution in [0.15, 0.2) is 12.2 Å². The summed E-state index contributed by atoms with van der Waals surface area (Å²) in [6, 6.07) is 0.532. The van der Waals surface area contributed by atoms with Gasteiger partial charge in [0.25, 0.3) is 0 Å². The highest BCUT2D eigenvalue weighted by atomic mass is 16.5. The second-order valence-corrected chi connectivity index (χ2v) is 5.05. The van der Waals surface area contributed by atoms with Gasteiger partial charge in [0.15, 0.2) is 0 Å². The Labute approximate surface area is 110 Å². The summed E-state index contributed by atoms with van der Waals surface area (Å²) in [4.78, 5) is 11.6. The minimum Gasteiger partial charge on any atom is -0.375 e. The van der Waals surface area contributed by atoms with Gasteiger partial charge in [-0.05, 0) is 32.7 Å². The fourth-order valence-corrected chi connectivity index (χ4v) is 2.07. The zero-order valence-electron chi connectivity index (χ0n) is 11.5. The van der Waals surface area contributed by atoms with Crippen LogP contribution in [0.5, 0.6) is 0 Å². The largest absolute Gasteiger partial charge is 0.375 e. The minimum absolute atomic E-state index is 0.126. The third-order valence-electron chi connectivity index (χ3n) is 3.05. The van der Waals surface area contributed by atoms with Gasteiger partial charge in [0.2, 0.25) is 5.91 Å². The molecule has 1 heterocycles. The maximum absolute atomic E-state index is 11.6. The normalized spacial score (nSPS) is 19.5. The van der Waals surface area contributed by atoms with Crippen molar-refractivity contribution in [2.75, 3.05) is 26.3 Å². The lowest BCUT2D eigenvalue weighted by Gasteiger charge is -2.23. The molecular weight excluding hydrogens is 228 g/mol. The van der Waals surface area contributed by atoms with Crippen LogP contribution >= 0.6 is 0 Å². The quantitative estimate of drug-likeness (QED) is 0.511. The van der Waals surface area contributed by atoms with E-state index in [0.717, 1.165) is 18.5 Å². The molecule has 1 atom stereocenters. The molecule has 1 saturated heterocycles. The highest BCUT2D eigenvalue weighted by molar-refractivity contribution is 5.75. The van der Waals surface area contributed by atoms with Gasteiger partial charge in [-0.15, -0.1) is 0 Å². The number of hydrogen-bond donors (Lipinski definition) is 2. The molecule has 0 aromatic heterocycles. The van der Waals surface area contributed by atoms with E-state index >= 15 is 0 Å². The number of carbonyl (C=O) groups is 1. The lowest BCUT2D eigenvalue weighted by Crippen LogP contribution is -2.35. The molecule has 0 radical (unpaired) electrons. The highest BCUT2D eigenvalue weighted by Crippen LogP contribution is 2.11. The first-order chi connectivity index (χ1) is 8.68. The van der Waals surface area contributed by atoms with Gasteiger partial charge in [0.05, 0.1) is 13.2 Å². The number of ether oxygens (including phenoxy) is 1. The molecule has 18 heavy (non-hydrogen) atoms. The van der Waals surface area contributed by atoms with Gasteiger partial charge >= 0.3 is 0 Å². The van der Waals surface area contributed by atoms with Crippen molar-refractivity contribution in [3.8, 4) is 0 Å². The predicted molar refractivity (Wildman–Crippen MR) is 73.5 cm³/mol. The Morgan fingerprint density at radius 1 is 1.50 bits per heavy atom. The Morgan fingerprint density at radius 3 is 3.00 bits per heavy atom. The molecule has 1 unspecified atom stereocenters. The zero-order valence-corrected chi connectivity index (χ0v) is 11.5. The van der Waals surface area contributed by atoms with Gasteiger partial charge in [0.1, 0.15) is 0 Å². The summed E-state index contributed by atoms with van der Waals surface area (Å²) < 4.78 is 5.31. The molecule has 1 aliphatic heterocycles. The van der Waals surface area contributed by atoms with Crippen molar-refractivity contribution in [1.29, 1.82) is 0 Å². The van der Waals surface area contributed by atoms with Gasteiger partial charge in [-0.3, -0.25) is 4.79 Å². The van der Waals surface area contributed by atoms with Crippen LogP contribution in [0.3, 0.4) is 0 Å². The van der Waals surface area contributed by atoms with Crippen LogP contribution in [0, 0.1) is 0 Å². The SMILES string of the molecule is C=C(C)COCCNC(=O)CCC1CCCCN1. The summed E-state index contributed by atoms with van der Waals surface area (Å²) >= 11 is 0. The molecule has 0 bridgehead atoms. The van der Waals surface area contributed by atoms with Crippen molar-refractivity contribution in [1.82, 2.24) is 10.6 Å². The summed E-state index contributed by atoms with van der Waals surface area (Å²) in [5.41, 5.74) is 1.00. The fraction of sp³-hybridized carbons (Fsp3) is 0.786. The number of carbonyl (C=O) groups excluding carboxylic acids is 1. The second kappa shape index (κ2) is 9.11. The van der Waals surface area contributed by atoms with Crippen molar-refractivity contribution in [3.63, 3.8) is 0 Å². The monoisotopic (exact) mass is 254 g/mol. The first-order valence-electron chi connectivity index (χ1n) is 6.90. The predicted octanol–water partition coefficient (Wildman–Crippen LogP) is 1.62. The number of piperidine rings is 1. The van der Waals surface area contributed by atoms with Crippen LogP contribution in [0.4, 0.5) is 0 Å². The molecular formula is C14H26N2O2. The Hall–Kier alpha value is -0.870. The molecule has 0 aliphatic carbocycles. The molecule has 4 nitrogen and oxygen atoms in total. The van der Waals surface area contributed by atoms with Crippen molar-refractivity contribution in [2.24, 2.45) is 0 Å². The molecule has 0 aromatic carbocycles. The zero-order chi connectivity index (χ0) is 13.2. The molecule has 1 aliphatic rings. The Morgan fingerprint density at radius 2 is 2.33 bits per heavy atom. The molecule has 4 heteroatoms. The number of nitrogens with one attached hydrogen (secondary N) is 2. The van der Waals surface area contributed by atoms with E-state index in [2.05, 4.69) is 17.2 Å². The molecule has 1 amide bonds. The highest BCUT2D eigenvalue weighted by Gasteiger charge is 2.13. The molecule has 0 aromatic rings. The van der Waals surface area contributed by atoms with E-state index in [-0.39, 0.29) is 5.91 Å².